The first-order valence-corrected chi connectivity index (χ1v) is 5.34. The van der Waals surface area contributed by atoms with Crippen molar-refractivity contribution in [1.82, 2.24) is 0 Å². The van der Waals surface area contributed by atoms with Gasteiger partial charge in [0.15, 0.2) is 0 Å². The lowest BCUT2D eigenvalue weighted by Crippen LogP contribution is -1.90. The zero-order valence-electron chi connectivity index (χ0n) is 8.18. The minimum Gasteiger partial charge on any atom is -0.398 e. The van der Waals surface area contributed by atoms with Crippen LogP contribution in [-0.2, 0) is 0 Å². The summed E-state index contributed by atoms with van der Waals surface area (Å²) in [6, 6.07) is 9.63. The molecule has 0 aromatic heterocycles. The molecule has 82 valence electrons. The van der Waals surface area contributed by atoms with Crippen LogP contribution in [0, 0.1) is 5.82 Å². The Labute approximate surface area is 103 Å². The van der Waals surface area contributed by atoms with E-state index < -0.39 is 5.82 Å². The van der Waals surface area contributed by atoms with Crippen molar-refractivity contribution in [3.63, 3.8) is 0 Å². The maximum atomic E-state index is 13.0. The second-order valence-electron chi connectivity index (χ2n) is 3.36. The second-order valence-corrected chi connectivity index (χ2v) is 4.20. The molecule has 2 aromatic carbocycles. The van der Waals surface area contributed by atoms with Crippen molar-refractivity contribution >= 4 is 28.9 Å². The summed E-state index contributed by atoms with van der Waals surface area (Å²) in [4.78, 5) is 0. The first-order chi connectivity index (χ1) is 7.58. The third-order valence-corrected chi connectivity index (χ3v) is 2.77. The number of halogens is 3. The second kappa shape index (κ2) is 4.32. The van der Waals surface area contributed by atoms with E-state index in [1.165, 1.54) is 12.1 Å². The lowest BCUT2D eigenvalue weighted by molar-refractivity contribution is 0.628. The van der Waals surface area contributed by atoms with Crippen molar-refractivity contribution in [2.45, 2.75) is 0 Å². The molecule has 0 spiro atoms. The predicted molar refractivity (Wildman–Crippen MR) is 66.3 cm³/mol. The Balaban J connectivity index is 2.54. The molecular formula is C12H8Cl2FN. The molecule has 0 bridgehead atoms. The lowest BCUT2D eigenvalue weighted by Gasteiger charge is -2.07. The molecule has 0 amide bonds. The molecule has 0 atom stereocenters. The van der Waals surface area contributed by atoms with Gasteiger partial charge in [-0.2, -0.15) is 0 Å². The van der Waals surface area contributed by atoms with E-state index in [1.807, 2.05) is 0 Å². The summed E-state index contributed by atoms with van der Waals surface area (Å²) in [6.07, 6.45) is 0. The van der Waals surface area contributed by atoms with Gasteiger partial charge in [0.25, 0.3) is 0 Å². The van der Waals surface area contributed by atoms with Gasteiger partial charge >= 0.3 is 0 Å². The quantitative estimate of drug-likeness (QED) is 0.752. The minimum atomic E-state index is -0.446. The number of rotatable bonds is 1. The maximum absolute atomic E-state index is 13.0. The maximum Gasteiger partial charge on any atom is 0.141 e. The standard InChI is InChI=1S/C12H8Cl2FN/c13-8-2-3-9(12(16)6-8)7-1-4-11(15)10(14)5-7/h1-6H,16H2. The Morgan fingerprint density at radius 1 is 1.00 bits per heavy atom. The molecule has 0 aliphatic carbocycles. The van der Waals surface area contributed by atoms with Crippen LogP contribution >= 0.6 is 23.2 Å². The van der Waals surface area contributed by atoms with Gasteiger partial charge < -0.3 is 5.73 Å². The molecule has 0 fully saturated rings. The monoisotopic (exact) mass is 255 g/mol. The Morgan fingerprint density at radius 2 is 1.75 bits per heavy atom. The Kier molecular flexibility index (Phi) is 3.03. The van der Waals surface area contributed by atoms with E-state index in [4.69, 9.17) is 28.9 Å². The minimum absolute atomic E-state index is 0.0758. The van der Waals surface area contributed by atoms with Gasteiger partial charge in [-0.05, 0) is 29.8 Å². The molecule has 0 saturated heterocycles. The molecule has 0 saturated carbocycles. The normalized spacial score (nSPS) is 10.4. The van der Waals surface area contributed by atoms with Crippen molar-refractivity contribution in [3.05, 3.63) is 52.3 Å². The number of benzene rings is 2. The average molecular weight is 256 g/mol. The van der Waals surface area contributed by atoms with E-state index in [2.05, 4.69) is 0 Å². The third-order valence-electron chi connectivity index (χ3n) is 2.24. The van der Waals surface area contributed by atoms with Crippen LogP contribution in [0.4, 0.5) is 10.1 Å². The van der Waals surface area contributed by atoms with Crippen LogP contribution in [-0.4, -0.2) is 0 Å². The van der Waals surface area contributed by atoms with Crippen molar-refractivity contribution in [1.29, 1.82) is 0 Å². The zero-order chi connectivity index (χ0) is 11.7. The highest BCUT2D eigenvalue weighted by atomic mass is 35.5. The fourth-order valence-electron chi connectivity index (χ4n) is 1.46. The van der Waals surface area contributed by atoms with Crippen molar-refractivity contribution in [2.75, 3.05) is 5.73 Å². The lowest BCUT2D eigenvalue weighted by atomic mass is 10.0. The predicted octanol–water partition coefficient (Wildman–Crippen LogP) is 4.38. The van der Waals surface area contributed by atoms with Crippen LogP contribution in [0.15, 0.2) is 36.4 Å². The van der Waals surface area contributed by atoms with Gasteiger partial charge in [0.2, 0.25) is 0 Å². The van der Waals surface area contributed by atoms with E-state index in [0.29, 0.717) is 10.7 Å². The van der Waals surface area contributed by atoms with Crippen LogP contribution in [0.1, 0.15) is 0 Å². The molecule has 0 aliphatic heterocycles. The fourth-order valence-corrected chi connectivity index (χ4v) is 1.82. The fraction of sp³-hybridized carbons (Fsp3) is 0. The highest BCUT2D eigenvalue weighted by Gasteiger charge is 2.06. The smallest absolute Gasteiger partial charge is 0.141 e. The van der Waals surface area contributed by atoms with Crippen LogP contribution in [0.2, 0.25) is 10.0 Å². The molecule has 0 unspecified atom stereocenters. The van der Waals surface area contributed by atoms with E-state index >= 15 is 0 Å². The topological polar surface area (TPSA) is 26.0 Å². The first-order valence-electron chi connectivity index (χ1n) is 4.58. The zero-order valence-corrected chi connectivity index (χ0v) is 9.69. The molecular weight excluding hydrogens is 248 g/mol. The highest BCUT2D eigenvalue weighted by molar-refractivity contribution is 6.31. The van der Waals surface area contributed by atoms with E-state index in [1.54, 1.807) is 24.3 Å². The van der Waals surface area contributed by atoms with Crippen LogP contribution in [0.3, 0.4) is 0 Å². The van der Waals surface area contributed by atoms with Crippen molar-refractivity contribution < 1.29 is 4.39 Å². The van der Waals surface area contributed by atoms with E-state index in [0.717, 1.165) is 11.1 Å². The van der Waals surface area contributed by atoms with Gasteiger partial charge in [-0.3, -0.25) is 0 Å². The summed E-state index contributed by atoms with van der Waals surface area (Å²) < 4.78 is 13.0. The molecule has 4 heteroatoms. The Bertz CT molecular complexity index is 541. The molecule has 2 N–H and O–H groups in total. The number of hydrogen-bond acceptors (Lipinski definition) is 1. The Morgan fingerprint density at radius 3 is 2.38 bits per heavy atom. The van der Waals surface area contributed by atoms with Gasteiger partial charge in [-0.25, -0.2) is 4.39 Å². The SMILES string of the molecule is Nc1cc(Cl)ccc1-c1ccc(F)c(Cl)c1. The van der Waals surface area contributed by atoms with Crippen LogP contribution in [0.25, 0.3) is 11.1 Å². The molecule has 0 aliphatic rings. The first kappa shape index (κ1) is 11.2. The molecule has 2 aromatic rings. The summed E-state index contributed by atoms with van der Waals surface area (Å²) >= 11 is 11.5. The molecule has 0 heterocycles. The van der Waals surface area contributed by atoms with E-state index in [9.17, 15) is 4.39 Å². The van der Waals surface area contributed by atoms with Crippen molar-refractivity contribution in [2.24, 2.45) is 0 Å². The largest absolute Gasteiger partial charge is 0.398 e. The van der Waals surface area contributed by atoms with Gasteiger partial charge in [0.1, 0.15) is 5.82 Å². The van der Waals surface area contributed by atoms with Crippen LogP contribution < -0.4 is 5.73 Å². The van der Waals surface area contributed by atoms with Gasteiger partial charge in [-0.15, -0.1) is 0 Å². The Hall–Kier alpha value is -1.25. The highest BCUT2D eigenvalue weighted by Crippen LogP contribution is 2.30. The number of anilines is 1. The summed E-state index contributed by atoms with van der Waals surface area (Å²) in [7, 11) is 0. The number of nitrogen functional groups attached to an aromatic ring is 1. The molecule has 1 nitrogen and oxygen atoms in total. The third kappa shape index (κ3) is 2.13. The summed E-state index contributed by atoms with van der Waals surface area (Å²) in [5.74, 6) is -0.446. The number of nitrogens with two attached hydrogens (primary N) is 1. The molecule has 16 heavy (non-hydrogen) atoms. The molecule has 2 rings (SSSR count). The van der Waals surface area contributed by atoms with Gasteiger partial charge in [-0.1, -0.05) is 35.3 Å². The van der Waals surface area contributed by atoms with E-state index in [-0.39, 0.29) is 5.02 Å². The molecule has 0 radical (unpaired) electrons. The summed E-state index contributed by atoms with van der Waals surface area (Å²) in [6.45, 7) is 0. The number of hydrogen-bond donors (Lipinski definition) is 1. The summed E-state index contributed by atoms with van der Waals surface area (Å²) in [5.41, 5.74) is 7.91. The summed E-state index contributed by atoms with van der Waals surface area (Å²) in [5, 5.41) is 0.640. The average Bonchev–Trinajstić information content (AvgIpc) is 2.22. The van der Waals surface area contributed by atoms with Crippen molar-refractivity contribution in [3.8, 4) is 11.1 Å². The van der Waals surface area contributed by atoms with Gasteiger partial charge in [0.05, 0.1) is 5.02 Å². The van der Waals surface area contributed by atoms with Gasteiger partial charge in [0, 0.05) is 16.3 Å². The van der Waals surface area contributed by atoms with Crippen LogP contribution in [0.5, 0.6) is 0 Å².